The number of nitrogens with zero attached hydrogens (tertiary/aromatic N) is 1. The zero-order valence-corrected chi connectivity index (χ0v) is 15.4. The van der Waals surface area contributed by atoms with Crippen LogP contribution < -0.4 is 10.2 Å². The summed E-state index contributed by atoms with van der Waals surface area (Å²) in [6.07, 6.45) is -0.507. The van der Waals surface area contributed by atoms with Gasteiger partial charge in [0.15, 0.2) is 0 Å². The number of halogens is 1. The fourth-order valence-corrected chi connectivity index (χ4v) is 2.68. The Morgan fingerprint density at radius 3 is 2.35 bits per heavy atom. The van der Waals surface area contributed by atoms with Gasteiger partial charge in [0, 0.05) is 20.0 Å². The molecule has 5 nitrogen and oxygen atoms in total. The Kier molecular flexibility index (Phi) is 6.45. The number of hydrogen-bond acceptors (Lipinski definition) is 3. The summed E-state index contributed by atoms with van der Waals surface area (Å²) < 4.78 is 5.17. The molecule has 1 N–H and O–H groups in total. The number of benzene rings is 1. The fraction of sp³-hybridized carbons (Fsp3) is 0.529. The molecule has 0 bridgehead atoms. The standard InChI is InChI=1S/C17H25ClN2O3/c1-11-9-12(2)15(14(18)10-11)20(13(3)21)8-7-19-16(22)23-17(4,5)6/h9-10H,7-8H2,1-6H3,(H,19,22). The van der Waals surface area contributed by atoms with Gasteiger partial charge in [-0.15, -0.1) is 0 Å². The number of carbonyl (C=O) groups excluding carboxylic acids is 2. The van der Waals surface area contributed by atoms with Crippen molar-refractivity contribution in [3.8, 4) is 0 Å². The van der Waals surface area contributed by atoms with E-state index in [0.29, 0.717) is 17.3 Å². The normalized spacial score (nSPS) is 11.1. The number of carbonyl (C=O) groups is 2. The van der Waals surface area contributed by atoms with Crippen LogP contribution in [0.4, 0.5) is 10.5 Å². The first-order valence-electron chi connectivity index (χ1n) is 7.53. The third-order valence-electron chi connectivity index (χ3n) is 3.05. The second kappa shape index (κ2) is 7.68. The third kappa shape index (κ3) is 6.10. The first kappa shape index (κ1) is 19.3. The lowest BCUT2D eigenvalue weighted by atomic mass is 10.1. The Hall–Kier alpha value is -1.75. The maximum absolute atomic E-state index is 12.0. The molecule has 128 valence electrons. The maximum atomic E-state index is 12.0. The molecule has 6 heteroatoms. The Morgan fingerprint density at radius 2 is 1.87 bits per heavy atom. The molecule has 0 heterocycles. The van der Waals surface area contributed by atoms with Crippen LogP contribution in [0.5, 0.6) is 0 Å². The monoisotopic (exact) mass is 340 g/mol. The Morgan fingerprint density at radius 1 is 1.26 bits per heavy atom. The number of anilines is 1. The van der Waals surface area contributed by atoms with Crippen molar-refractivity contribution in [2.24, 2.45) is 0 Å². The molecule has 0 atom stereocenters. The van der Waals surface area contributed by atoms with Crippen LogP contribution in [0.1, 0.15) is 38.8 Å². The van der Waals surface area contributed by atoms with Crippen LogP contribution in [-0.4, -0.2) is 30.7 Å². The lowest BCUT2D eigenvalue weighted by Crippen LogP contribution is -2.40. The molecular formula is C17H25ClN2O3. The van der Waals surface area contributed by atoms with E-state index in [0.717, 1.165) is 11.1 Å². The predicted molar refractivity (Wildman–Crippen MR) is 93.2 cm³/mol. The summed E-state index contributed by atoms with van der Waals surface area (Å²) in [5, 5.41) is 3.17. The predicted octanol–water partition coefficient (Wildman–Crippen LogP) is 3.83. The number of nitrogens with one attached hydrogen (secondary N) is 1. The number of alkyl carbamates (subject to hydrolysis) is 1. The van der Waals surface area contributed by atoms with Gasteiger partial charge in [-0.2, -0.15) is 0 Å². The highest BCUT2D eigenvalue weighted by molar-refractivity contribution is 6.34. The summed E-state index contributed by atoms with van der Waals surface area (Å²) in [6, 6.07) is 3.79. The van der Waals surface area contributed by atoms with Crippen molar-refractivity contribution in [1.82, 2.24) is 5.32 Å². The Bertz CT molecular complexity index is 571. The van der Waals surface area contributed by atoms with E-state index in [4.69, 9.17) is 16.3 Å². The molecule has 23 heavy (non-hydrogen) atoms. The Labute approximate surface area is 142 Å². The van der Waals surface area contributed by atoms with Crippen molar-refractivity contribution in [1.29, 1.82) is 0 Å². The van der Waals surface area contributed by atoms with Crippen molar-refractivity contribution in [3.05, 3.63) is 28.3 Å². The summed E-state index contributed by atoms with van der Waals surface area (Å²) in [6.45, 7) is 11.3. The molecule has 2 amide bonds. The molecule has 0 radical (unpaired) electrons. The molecule has 1 aromatic rings. The van der Waals surface area contributed by atoms with Crippen LogP contribution >= 0.6 is 11.6 Å². The number of rotatable bonds is 4. The second-order valence-corrected chi connectivity index (χ2v) is 6.92. The summed E-state index contributed by atoms with van der Waals surface area (Å²) in [4.78, 5) is 25.2. The average molecular weight is 341 g/mol. The molecule has 0 fully saturated rings. The van der Waals surface area contributed by atoms with Crippen molar-refractivity contribution in [2.45, 2.75) is 47.1 Å². The van der Waals surface area contributed by atoms with Gasteiger partial charge in [0.25, 0.3) is 0 Å². The van der Waals surface area contributed by atoms with Crippen molar-refractivity contribution < 1.29 is 14.3 Å². The molecule has 0 spiro atoms. The van der Waals surface area contributed by atoms with E-state index in [2.05, 4.69) is 5.32 Å². The number of hydrogen-bond donors (Lipinski definition) is 1. The van der Waals surface area contributed by atoms with Crippen molar-refractivity contribution in [2.75, 3.05) is 18.0 Å². The van der Waals surface area contributed by atoms with E-state index in [1.54, 1.807) is 25.7 Å². The van der Waals surface area contributed by atoms with E-state index < -0.39 is 11.7 Å². The van der Waals surface area contributed by atoms with Gasteiger partial charge in [-0.25, -0.2) is 4.79 Å². The summed E-state index contributed by atoms with van der Waals surface area (Å²) in [5.74, 6) is -0.134. The molecule has 0 aliphatic rings. The molecule has 1 rings (SSSR count). The van der Waals surface area contributed by atoms with Crippen LogP contribution in [0.3, 0.4) is 0 Å². The zero-order chi connectivity index (χ0) is 17.8. The zero-order valence-electron chi connectivity index (χ0n) is 14.6. The molecule has 0 saturated carbocycles. The lowest BCUT2D eigenvalue weighted by molar-refractivity contribution is -0.116. The molecule has 0 aliphatic heterocycles. The smallest absolute Gasteiger partial charge is 0.407 e. The minimum atomic E-state index is -0.554. The highest BCUT2D eigenvalue weighted by Crippen LogP contribution is 2.31. The van der Waals surface area contributed by atoms with Gasteiger partial charge in [0.05, 0.1) is 10.7 Å². The van der Waals surface area contributed by atoms with Crippen molar-refractivity contribution >= 4 is 29.3 Å². The van der Waals surface area contributed by atoms with E-state index in [1.165, 1.54) is 6.92 Å². The Balaban J connectivity index is 2.79. The molecule has 0 aliphatic carbocycles. The van der Waals surface area contributed by atoms with E-state index in [1.807, 2.05) is 26.0 Å². The van der Waals surface area contributed by atoms with Gasteiger partial charge in [0.2, 0.25) is 5.91 Å². The highest BCUT2D eigenvalue weighted by Gasteiger charge is 2.19. The van der Waals surface area contributed by atoms with E-state index >= 15 is 0 Å². The number of ether oxygens (including phenoxy) is 1. The quantitative estimate of drug-likeness (QED) is 0.906. The third-order valence-corrected chi connectivity index (χ3v) is 3.34. The minimum Gasteiger partial charge on any atom is -0.444 e. The van der Waals surface area contributed by atoms with Gasteiger partial charge in [0.1, 0.15) is 5.60 Å². The van der Waals surface area contributed by atoms with Gasteiger partial charge in [-0.3, -0.25) is 4.79 Å². The van der Waals surface area contributed by atoms with Gasteiger partial charge in [-0.1, -0.05) is 17.7 Å². The van der Waals surface area contributed by atoms with Crippen LogP contribution in [0.15, 0.2) is 12.1 Å². The SMILES string of the molecule is CC(=O)N(CCNC(=O)OC(C)(C)C)c1c(C)cc(C)cc1Cl. The van der Waals surface area contributed by atoms with Gasteiger partial charge < -0.3 is 15.0 Å². The highest BCUT2D eigenvalue weighted by atomic mass is 35.5. The molecule has 0 unspecified atom stereocenters. The topological polar surface area (TPSA) is 58.6 Å². The largest absolute Gasteiger partial charge is 0.444 e. The van der Waals surface area contributed by atoms with Crippen LogP contribution in [0, 0.1) is 13.8 Å². The summed E-state index contributed by atoms with van der Waals surface area (Å²) >= 11 is 6.30. The van der Waals surface area contributed by atoms with Crippen LogP contribution in [0.25, 0.3) is 0 Å². The summed E-state index contributed by atoms with van der Waals surface area (Å²) in [5.41, 5.74) is 2.08. The van der Waals surface area contributed by atoms with E-state index in [-0.39, 0.29) is 12.5 Å². The van der Waals surface area contributed by atoms with Crippen LogP contribution in [0.2, 0.25) is 5.02 Å². The van der Waals surface area contributed by atoms with Crippen LogP contribution in [-0.2, 0) is 9.53 Å². The summed E-state index contributed by atoms with van der Waals surface area (Å²) in [7, 11) is 0. The van der Waals surface area contributed by atoms with Gasteiger partial charge >= 0.3 is 6.09 Å². The minimum absolute atomic E-state index is 0.134. The molecular weight excluding hydrogens is 316 g/mol. The first-order valence-corrected chi connectivity index (χ1v) is 7.91. The second-order valence-electron chi connectivity index (χ2n) is 6.51. The van der Waals surface area contributed by atoms with Gasteiger partial charge in [-0.05, 0) is 51.8 Å². The molecule has 0 aromatic heterocycles. The van der Waals surface area contributed by atoms with Crippen molar-refractivity contribution in [3.63, 3.8) is 0 Å². The maximum Gasteiger partial charge on any atom is 0.407 e. The number of amides is 2. The molecule has 1 aromatic carbocycles. The number of aryl methyl sites for hydroxylation is 2. The first-order chi connectivity index (χ1) is 10.5. The average Bonchev–Trinajstić information content (AvgIpc) is 2.33. The fourth-order valence-electron chi connectivity index (χ4n) is 2.26. The van der Waals surface area contributed by atoms with E-state index in [9.17, 15) is 9.59 Å². The lowest BCUT2D eigenvalue weighted by Gasteiger charge is -2.25. The molecule has 0 saturated heterocycles.